The molecule has 0 atom stereocenters. The number of aromatic hydroxyl groups is 1. The largest absolute Gasteiger partial charge is 0.508 e. The standard InChI is InChI=1S/C11H13N3O/c1-7-3-4-8(5-10(7)15)9-6-13-14(2)11(9)12/h3-6,15H,12H2,1-2H3. The zero-order valence-electron chi connectivity index (χ0n) is 8.73. The minimum absolute atomic E-state index is 0.274. The molecule has 4 heteroatoms. The van der Waals surface area contributed by atoms with Gasteiger partial charge in [0.25, 0.3) is 0 Å². The highest BCUT2D eigenvalue weighted by atomic mass is 16.3. The van der Waals surface area contributed by atoms with E-state index in [9.17, 15) is 5.11 Å². The Kier molecular flexibility index (Phi) is 2.11. The van der Waals surface area contributed by atoms with Crippen molar-refractivity contribution in [1.82, 2.24) is 9.78 Å². The molecule has 0 saturated carbocycles. The van der Waals surface area contributed by atoms with E-state index in [4.69, 9.17) is 5.73 Å². The summed E-state index contributed by atoms with van der Waals surface area (Å²) in [6.07, 6.45) is 1.69. The number of rotatable bonds is 1. The molecule has 4 nitrogen and oxygen atoms in total. The van der Waals surface area contributed by atoms with Crippen molar-refractivity contribution in [3.8, 4) is 16.9 Å². The van der Waals surface area contributed by atoms with E-state index in [0.717, 1.165) is 16.7 Å². The van der Waals surface area contributed by atoms with Crippen LogP contribution in [-0.4, -0.2) is 14.9 Å². The fraction of sp³-hybridized carbons (Fsp3) is 0.182. The van der Waals surface area contributed by atoms with Gasteiger partial charge in [-0.05, 0) is 24.1 Å². The van der Waals surface area contributed by atoms with E-state index in [1.807, 2.05) is 19.1 Å². The molecule has 78 valence electrons. The third-order valence-corrected chi connectivity index (χ3v) is 2.50. The molecule has 2 aromatic rings. The fourth-order valence-corrected chi connectivity index (χ4v) is 1.45. The summed E-state index contributed by atoms with van der Waals surface area (Å²) < 4.78 is 1.60. The maximum absolute atomic E-state index is 9.59. The minimum atomic E-state index is 0.274. The average Bonchev–Trinajstić information content (AvgIpc) is 2.53. The first kappa shape index (κ1) is 9.58. The second kappa shape index (κ2) is 3.31. The number of nitrogens with zero attached hydrogens (tertiary/aromatic N) is 2. The van der Waals surface area contributed by atoms with Crippen molar-refractivity contribution in [2.75, 3.05) is 5.73 Å². The number of phenolic OH excluding ortho intramolecular Hbond substituents is 1. The monoisotopic (exact) mass is 203 g/mol. The number of aryl methyl sites for hydroxylation is 2. The summed E-state index contributed by atoms with van der Waals surface area (Å²) in [4.78, 5) is 0. The van der Waals surface area contributed by atoms with Crippen LogP contribution in [0, 0.1) is 6.92 Å². The number of hydrogen-bond acceptors (Lipinski definition) is 3. The van der Waals surface area contributed by atoms with Crippen molar-refractivity contribution in [3.63, 3.8) is 0 Å². The summed E-state index contributed by atoms with van der Waals surface area (Å²) in [5.41, 5.74) is 8.41. The molecule has 1 aromatic heterocycles. The first-order valence-corrected chi connectivity index (χ1v) is 4.67. The molecule has 0 bridgehead atoms. The van der Waals surface area contributed by atoms with Crippen LogP contribution in [-0.2, 0) is 7.05 Å². The maximum Gasteiger partial charge on any atom is 0.129 e. The van der Waals surface area contributed by atoms with E-state index in [0.29, 0.717) is 5.82 Å². The predicted octanol–water partition coefficient (Wildman–Crippen LogP) is 1.68. The summed E-state index contributed by atoms with van der Waals surface area (Å²) in [7, 11) is 1.78. The molecule has 0 amide bonds. The Balaban J connectivity index is 2.55. The molecule has 0 unspecified atom stereocenters. The molecule has 0 aliphatic carbocycles. The fourth-order valence-electron chi connectivity index (χ4n) is 1.45. The van der Waals surface area contributed by atoms with Gasteiger partial charge >= 0.3 is 0 Å². The van der Waals surface area contributed by atoms with Crippen LogP contribution in [0.3, 0.4) is 0 Å². The quantitative estimate of drug-likeness (QED) is 0.741. The number of anilines is 1. The first-order chi connectivity index (χ1) is 7.09. The van der Waals surface area contributed by atoms with Crippen LogP contribution in [0.15, 0.2) is 24.4 Å². The lowest BCUT2D eigenvalue weighted by molar-refractivity contribution is 0.471. The van der Waals surface area contributed by atoms with Gasteiger partial charge in [0.1, 0.15) is 11.6 Å². The average molecular weight is 203 g/mol. The topological polar surface area (TPSA) is 64.1 Å². The Bertz CT molecular complexity index is 503. The van der Waals surface area contributed by atoms with Crippen LogP contribution in [0.5, 0.6) is 5.75 Å². The maximum atomic E-state index is 9.59. The molecule has 0 aliphatic heterocycles. The molecule has 1 aromatic carbocycles. The van der Waals surface area contributed by atoms with Gasteiger partial charge in [-0.25, -0.2) is 0 Å². The van der Waals surface area contributed by atoms with Crippen molar-refractivity contribution >= 4 is 5.82 Å². The molecule has 2 rings (SSSR count). The Morgan fingerprint density at radius 1 is 1.40 bits per heavy atom. The van der Waals surface area contributed by atoms with Gasteiger partial charge in [-0.2, -0.15) is 5.10 Å². The lowest BCUT2D eigenvalue weighted by Gasteiger charge is -2.03. The molecule has 3 N–H and O–H groups in total. The van der Waals surface area contributed by atoms with Gasteiger partial charge in [-0.15, -0.1) is 0 Å². The highest BCUT2D eigenvalue weighted by Crippen LogP contribution is 2.29. The summed E-state index contributed by atoms with van der Waals surface area (Å²) >= 11 is 0. The SMILES string of the molecule is Cc1ccc(-c2cnn(C)c2N)cc1O. The number of aromatic nitrogens is 2. The third-order valence-electron chi connectivity index (χ3n) is 2.50. The smallest absolute Gasteiger partial charge is 0.129 e. The van der Waals surface area contributed by atoms with Crippen LogP contribution >= 0.6 is 0 Å². The number of phenols is 1. The molecule has 0 spiro atoms. The highest BCUT2D eigenvalue weighted by molar-refractivity contribution is 5.74. The van der Waals surface area contributed by atoms with Crippen LogP contribution in [0.25, 0.3) is 11.1 Å². The Morgan fingerprint density at radius 3 is 2.67 bits per heavy atom. The van der Waals surface area contributed by atoms with E-state index in [1.54, 1.807) is 24.0 Å². The minimum Gasteiger partial charge on any atom is -0.508 e. The summed E-state index contributed by atoms with van der Waals surface area (Å²) in [6, 6.07) is 5.47. The Hall–Kier alpha value is -1.97. The van der Waals surface area contributed by atoms with Gasteiger partial charge in [-0.1, -0.05) is 12.1 Å². The molecular formula is C11H13N3O. The highest BCUT2D eigenvalue weighted by Gasteiger charge is 2.08. The van der Waals surface area contributed by atoms with Gasteiger partial charge in [0.05, 0.1) is 6.20 Å². The summed E-state index contributed by atoms with van der Waals surface area (Å²) in [6.45, 7) is 1.85. The van der Waals surface area contributed by atoms with Crippen molar-refractivity contribution in [3.05, 3.63) is 30.0 Å². The van der Waals surface area contributed by atoms with Crippen molar-refractivity contribution in [2.24, 2.45) is 7.05 Å². The van der Waals surface area contributed by atoms with Crippen molar-refractivity contribution in [1.29, 1.82) is 0 Å². The molecule has 0 fully saturated rings. The van der Waals surface area contributed by atoms with Gasteiger partial charge in [0.15, 0.2) is 0 Å². The van der Waals surface area contributed by atoms with Crippen LogP contribution < -0.4 is 5.73 Å². The molecule has 1 heterocycles. The first-order valence-electron chi connectivity index (χ1n) is 4.67. The zero-order chi connectivity index (χ0) is 11.0. The van der Waals surface area contributed by atoms with E-state index in [2.05, 4.69) is 5.10 Å². The number of hydrogen-bond donors (Lipinski definition) is 2. The number of benzene rings is 1. The van der Waals surface area contributed by atoms with E-state index in [1.165, 1.54) is 0 Å². The second-order valence-electron chi connectivity index (χ2n) is 3.57. The third kappa shape index (κ3) is 1.54. The summed E-state index contributed by atoms with van der Waals surface area (Å²) in [5, 5.41) is 13.6. The van der Waals surface area contributed by atoms with Crippen LogP contribution in [0.2, 0.25) is 0 Å². The van der Waals surface area contributed by atoms with Crippen molar-refractivity contribution < 1.29 is 5.11 Å². The Morgan fingerprint density at radius 2 is 2.13 bits per heavy atom. The van der Waals surface area contributed by atoms with Gasteiger partial charge < -0.3 is 10.8 Å². The van der Waals surface area contributed by atoms with E-state index >= 15 is 0 Å². The molecule has 0 saturated heterocycles. The number of nitrogens with two attached hydrogens (primary N) is 1. The second-order valence-corrected chi connectivity index (χ2v) is 3.57. The van der Waals surface area contributed by atoms with Gasteiger partial charge in [0.2, 0.25) is 0 Å². The lowest BCUT2D eigenvalue weighted by atomic mass is 10.1. The lowest BCUT2D eigenvalue weighted by Crippen LogP contribution is -1.98. The van der Waals surface area contributed by atoms with Crippen LogP contribution in [0.4, 0.5) is 5.82 Å². The summed E-state index contributed by atoms with van der Waals surface area (Å²) in [5.74, 6) is 0.869. The Labute approximate surface area is 88.0 Å². The van der Waals surface area contributed by atoms with Crippen LogP contribution in [0.1, 0.15) is 5.56 Å². The van der Waals surface area contributed by atoms with Gasteiger partial charge in [0, 0.05) is 12.6 Å². The van der Waals surface area contributed by atoms with Crippen molar-refractivity contribution in [2.45, 2.75) is 6.92 Å². The normalized spacial score (nSPS) is 10.5. The van der Waals surface area contributed by atoms with E-state index < -0.39 is 0 Å². The zero-order valence-corrected chi connectivity index (χ0v) is 8.73. The van der Waals surface area contributed by atoms with Gasteiger partial charge in [-0.3, -0.25) is 4.68 Å². The molecule has 0 aliphatic rings. The van der Waals surface area contributed by atoms with E-state index in [-0.39, 0.29) is 5.75 Å². The molecule has 0 radical (unpaired) electrons. The predicted molar refractivity (Wildman–Crippen MR) is 59.5 cm³/mol. The molecular weight excluding hydrogens is 190 g/mol. The number of nitrogen functional groups attached to an aromatic ring is 1. The molecule has 15 heavy (non-hydrogen) atoms.